The Hall–Kier alpha value is -1.84. The minimum atomic E-state index is -3.70. The first kappa shape index (κ1) is 18.0. The molecule has 1 aliphatic heterocycles. The summed E-state index contributed by atoms with van der Waals surface area (Å²) in [6.07, 6.45) is 1.89. The minimum absolute atomic E-state index is 0.210. The van der Waals surface area contributed by atoms with Crippen molar-refractivity contribution in [3.63, 3.8) is 0 Å². The van der Waals surface area contributed by atoms with E-state index in [9.17, 15) is 13.2 Å². The van der Waals surface area contributed by atoms with Gasteiger partial charge in [-0.25, -0.2) is 8.42 Å². The average molecular weight is 380 g/mol. The van der Waals surface area contributed by atoms with E-state index >= 15 is 0 Å². The van der Waals surface area contributed by atoms with Gasteiger partial charge in [-0.3, -0.25) is 10.1 Å². The van der Waals surface area contributed by atoms with Gasteiger partial charge in [-0.2, -0.15) is 4.31 Å². The van der Waals surface area contributed by atoms with Crippen LogP contribution in [-0.4, -0.2) is 41.4 Å². The van der Waals surface area contributed by atoms with Crippen LogP contribution in [-0.2, 0) is 21.2 Å². The van der Waals surface area contributed by atoms with Crippen LogP contribution in [0.4, 0.5) is 5.13 Å². The quantitative estimate of drug-likeness (QED) is 0.858. The Kier molecular flexibility index (Phi) is 5.16. The summed E-state index contributed by atoms with van der Waals surface area (Å²) in [5.74, 6) is -0.355. The first-order valence-corrected chi connectivity index (χ1v) is 10.4. The largest absolute Gasteiger partial charge is 0.299 e. The molecular weight excluding hydrogens is 360 g/mol. The number of hydrogen-bond acceptors (Lipinski definition) is 6. The Balaban J connectivity index is 1.79. The van der Waals surface area contributed by atoms with Gasteiger partial charge in [-0.15, -0.1) is 10.2 Å². The highest BCUT2D eigenvalue weighted by Gasteiger charge is 2.39. The highest BCUT2D eigenvalue weighted by atomic mass is 32.2. The zero-order valence-corrected chi connectivity index (χ0v) is 15.7. The van der Waals surface area contributed by atoms with Crippen LogP contribution in [0.25, 0.3) is 0 Å². The second-order valence-electron chi connectivity index (χ2n) is 5.93. The first-order chi connectivity index (χ1) is 11.9. The summed E-state index contributed by atoms with van der Waals surface area (Å²) in [4.78, 5) is 12.8. The number of carbonyl (C=O) groups excluding carboxylic acids is 1. The molecule has 1 aromatic heterocycles. The molecule has 3 rings (SSSR count). The fourth-order valence-corrected chi connectivity index (χ4v) is 5.11. The Morgan fingerprint density at radius 3 is 2.68 bits per heavy atom. The molecule has 0 unspecified atom stereocenters. The van der Waals surface area contributed by atoms with Crippen molar-refractivity contribution in [3.8, 4) is 0 Å². The van der Waals surface area contributed by atoms with Crippen molar-refractivity contribution in [2.24, 2.45) is 0 Å². The third-order valence-electron chi connectivity index (χ3n) is 4.13. The van der Waals surface area contributed by atoms with Crippen LogP contribution in [0.2, 0.25) is 0 Å². The molecule has 2 heterocycles. The van der Waals surface area contributed by atoms with Crippen LogP contribution >= 0.6 is 11.3 Å². The Labute approximate surface area is 151 Å². The van der Waals surface area contributed by atoms with Crippen molar-refractivity contribution in [2.75, 3.05) is 11.9 Å². The molecule has 25 heavy (non-hydrogen) atoms. The van der Waals surface area contributed by atoms with E-state index in [2.05, 4.69) is 15.5 Å². The molecule has 2 aromatic rings. The maximum Gasteiger partial charge on any atom is 0.244 e. The molecule has 1 N–H and O–H groups in total. The lowest BCUT2D eigenvalue weighted by molar-refractivity contribution is -0.119. The lowest BCUT2D eigenvalue weighted by Crippen LogP contribution is -2.43. The third kappa shape index (κ3) is 3.73. The van der Waals surface area contributed by atoms with E-state index in [4.69, 9.17) is 0 Å². The number of nitrogens with zero attached hydrogens (tertiary/aromatic N) is 3. The van der Waals surface area contributed by atoms with Crippen molar-refractivity contribution in [1.82, 2.24) is 14.5 Å². The second kappa shape index (κ2) is 7.19. The summed E-state index contributed by atoms with van der Waals surface area (Å²) >= 11 is 1.30. The molecule has 0 spiro atoms. The van der Waals surface area contributed by atoms with E-state index in [0.29, 0.717) is 24.5 Å². The van der Waals surface area contributed by atoms with Crippen LogP contribution in [0.1, 0.15) is 30.3 Å². The molecule has 0 aliphatic carbocycles. The summed E-state index contributed by atoms with van der Waals surface area (Å²) in [5.41, 5.74) is 0.984. The smallest absolute Gasteiger partial charge is 0.244 e. The molecule has 7 nitrogen and oxygen atoms in total. The fourth-order valence-electron chi connectivity index (χ4n) is 2.77. The van der Waals surface area contributed by atoms with Crippen LogP contribution in [0.3, 0.4) is 0 Å². The maximum absolute atomic E-state index is 12.9. The summed E-state index contributed by atoms with van der Waals surface area (Å²) in [7, 11) is -3.70. The molecule has 1 atom stereocenters. The topological polar surface area (TPSA) is 92.3 Å². The van der Waals surface area contributed by atoms with E-state index in [1.165, 1.54) is 15.6 Å². The Bertz CT molecular complexity index is 862. The number of aryl methyl sites for hydroxylation is 2. The molecule has 1 aromatic carbocycles. The van der Waals surface area contributed by atoms with Gasteiger partial charge in [0.1, 0.15) is 11.0 Å². The van der Waals surface area contributed by atoms with Crippen LogP contribution < -0.4 is 5.32 Å². The van der Waals surface area contributed by atoms with Gasteiger partial charge < -0.3 is 0 Å². The predicted molar refractivity (Wildman–Crippen MR) is 96.0 cm³/mol. The van der Waals surface area contributed by atoms with Crippen molar-refractivity contribution >= 4 is 32.4 Å². The number of rotatable bonds is 5. The predicted octanol–water partition coefficient (Wildman–Crippen LogP) is 2.20. The number of aromatic nitrogens is 2. The number of hydrogen-bond donors (Lipinski definition) is 1. The van der Waals surface area contributed by atoms with Gasteiger partial charge in [0.25, 0.3) is 0 Å². The lowest BCUT2D eigenvalue weighted by atomic mass is 10.2. The number of anilines is 1. The van der Waals surface area contributed by atoms with E-state index < -0.39 is 16.1 Å². The van der Waals surface area contributed by atoms with E-state index in [1.807, 2.05) is 13.8 Å². The Morgan fingerprint density at radius 2 is 2.04 bits per heavy atom. The average Bonchev–Trinajstić information content (AvgIpc) is 3.24. The SMILES string of the molecule is CCc1nnc(NC(=O)[C@@H]2CCCN2S(=O)(=O)c2ccc(C)cc2)s1. The molecule has 1 aliphatic rings. The van der Waals surface area contributed by atoms with E-state index in [-0.39, 0.29) is 10.8 Å². The fraction of sp³-hybridized carbons (Fsp3) is 0.438. The molecule has 9 heteroatoms. The molecule has 1 fully saturated rings. The molecule has 0 saturated carbocycles. The van der Waals surface area contributed by atoms with Crippen LogP contribution in [0.5, 0.6) is 0 Å². The van der Waals surface area contributed by atoms with Gasteiger partial charge >= 0.3 is 0 Å². The standard InChI is InChI=1S/C16H20N4O3S2/c1-3-14-18-19-16(24-14)17-15(21)13-5-4-10-20(13)25(22,23)12-8-6-11(2)7-9-12/h6-9,13H,3-5,10H2,1-2H3,(H,17,19,21)/t13-/m0/s1. The van der Waals surface area contributed by atoms with Gasteiger partial charge in [0.2, 0.25) is 21.1 Å². The van der Waals surface area contributed by atoms with Gasteiger partial charge in [0, 0.05) is 6.54 Å². The Morgan fingerprint density at radius 1 is 1.32 bits per heavy atom. The maximum atomic E-state index is 12.9. The summed E-state index contributed by atoms with van der Waals surface area (Å²) in [6, 6.07) is 5.95. The van der Waals surface area contributed by atoms with Crippen LogP contribution in [0.15, 0.2) is 29.2 Å². The third-order valence-corrected chi connectivity index (χ3v) is 7.04. The monoisotopic (exact) mass is 380 g/mol. The highest BCUT2D eigenvalue weighted by molar-refractivity contribution is 7.89. The summed E-state index contributed by atoms with van der Waals surface area (Å²) < 4.78 is 27.1. The first-order valence-electron chi connectivity index (χ1n) is 8.13. The zero-order chi connectivity index (χ0) is 18.0. The number of carbonyl (C=O) groups is 1. The van der Waals surface area contributed by atoms with Gasteiger partial charge in [-0.05, 0) is 38.3 Å². The molecule has 1 saturated heterocycles. The molecule has 0 bridgehead atoms. The number of benzene rings is 1. The van der Waals surface area contributed by atoms with E-state index in [0.717, 1.165) is 17.0 Å². The molecule has 0 radical (unpaired) electrons. The van der Waals surface area contributed by atoms with Gasteiger partial charge in [-0.1, -0.05) is 36.0 Å². The summed E-state index contributed by atoms with van der Waals surface area (Å²) in [6.45, 7) is 4.19. The van der Waals surface area contributed by atoms with Crippen molar-refractivity contribution < 1.29 is 13.2 Å². The lowest BCUT2D eigenvalue weighted by Gasteiger charge is -2.23. The molecule has 1 amide bonds. The zero-order valence-electron chi connectivity index (χ0n) is 14.1. The number of sulfonamides is 1. The van der Waals surface area contributed by atoms with E-state index in [1.54, 1.807) is 24.3 Å². The van der Waals surface area contributed by atoms with Crippen LogP contribution in [0, 0.1) is 6.92 Å². The number of nitrogens with one attached hydrogen (secondary N) is 1. The van der Waals surface area contributed by atoms with Gasteiger partial charge in [0.15, 0.2) is 0 Å². The highest BCUT2D eigenvalue weighted by Crippen LogP contribution is 2.27. The molecule has 134 valence electrons. The molecular formula is C16H20N4O3S2. The van der Waals surface area contributed by atoms with Crippen molar-refractivity contribution in [1.29, 1.82) is 0 Å². The van der Waals surface area contributed by atoms with Crippen molar-refractivity contribution in [3.05, 3.63) is 34.8 Å². The van der Waals surface area contributed by atoms with Crippen molar-refractivity contribution in [2.45, 2.75) is 44.0 Å². The minimum Gasteiger partial charge on any atom is -0.299 e. The normalized spacial score (nSPS) is 18.4. The number of amides is 1. The summed E-state index contributed by atoms with van der Waals surface area (Å²) in [5, 5.41) is 11.8. The van der Waals surface area contributed by atoms with Gasteiger partial charge in [0.05, 0.1) is 4.90 Å². The second-order valence-corrected chi connectivity index (χ2v) is 8.88.